The van der Waals surface area contributed by atoms with Gasteiger partial charge in [0.2, 0.25) is 0 Å². The van der Waals surface area contributed by atoms with Crippen molar-refractivity contribution in [3.8, 4) is 0 Å². The minimum atomic E-state index is 0.0872. The standard InChI is InChI=1S/C16H23N3/c1-16(2,3)15-18-13-6-4-5-7-14(13)19(15)12-8-10-17-11-9-12/h4-7,12,17H,8-11H2,1-3H3. The van der Waals surface area contributed by atoms with Gasteiger partial charge in [-0.3, -0.25) is 0 Å². The summed E-state index contributed by atoms with van der Waals surface area (Å²) in [6.45, 7) is 8.99. The Morgan fingerprint density at radius 3 is 2.53 bits per heavy atom. The van der Waals surface area contributed by atoms with Crippen molar-refractivity contribution in [1.29, 1.82) is 0 Å². The Bertz CT molecular complexity index is 571. The number of rotatable bonds is 1. The van der Waals surface area contributed by atoms with Crippen LogP contribution in [0, 0.1) is 0 Å². The van der Waals surface area contributed by atoms with Crippen molar-refractivity contribution in [3.05, 3.63) is 30.1 Å². The molecule has 0 atom stereocenters. The SMILES string of the molecule is CC(C)(C)c1nc2ccccc2n1C1CCNCC1. The lowest BCUT2D eigenvalue weighted by Crippen LogP contribution is -2.31. The third-order valence-electron chi connectivity index (χ3n) is 3.94. The van der Waals surface area contributed by atoms with Crippen LogP contribution >= 0.6 is 0 Å². The molecule has 2 heterocycles. The van der Waals surface area contributed by atoms with Gasteiger partial charge in [-0.05, 0) is 38.1 Å². The minimum Gasteiger partial charge on any atom is -0.324 e. The van der Waals surface area contributed by atoms with Crippen LogP contribution in [0.25, 0.3) is 11.0 Å². The number of hydrogen-bond donors (Lipinski definition) is 1. The van der Waals surface area contributed by atoms with Crippen molar-refractivity contribution in [2.75, 3.05) is 13.1 Å². The fourth-order valence-corrected chi connectivity index (χ4v) is 3.01. The fourth-order valence-electron chi connectivity index (χ4n) is 3.01. The van der Waals surface area contributed by atoms with Crippen molar-refractivity contribution < 1.29 is 0 Å². The van der Waals surface area contributed by atoms with Gasteiger partial charge in [0.25, 0.3) is 0 Å². The smallest absolute Gasteiger partial charge is 0.115 e. The molecular formula is C16H23N3. The molecule has 1 aliphatic heterocycles. The molecule has 0 unspecified atom stereocenters. The van der Waals surface area contributed by atoms with E-state index in [1.54, 1.807) is 0 Å². The number of nitrogens with one attached hydrogen (secondary N) is 1. The highest BCUT2D eigenvalue weighted by molar-refractivity contribution is 5.76. The van der Waals surface area contributed by atoms with Crippen LogP contribution in [0.3, 0.4) is 0 Å². The van der Waals surface area contributed by atoms with E-state index in [1.807, 2.05) is 0 Å². The van der Waals surface area contributed by atoms with Gasteiger partial charge in [-0.2, -0.15) is 0 Å². The third-order valence-corrected chi connectivity index (χ3v) is 3.94. The van der Waals surface area contributed by atoms with Crippen LogP contribution in [0.5, 0.6) is 0 Å². The summed E-state index contributed by atoms with van der Waals surface area (Å²) in [6.07, 6.45) is 2.40. The zero-order valence-corrected chi connectivity index (χ0v) is 12.1. The van der Waals surface area contributed by atoms with Gasteiger partial charge in [0.15, 0.2) is 0 Å². The van der Waals surface area contributed by atoms with E-state index < -0.39 is 0 Å². The first kappa shape index (κ1) is 12.7. The molecule has 0 amide bonds. The first-order chi connectivity index (χ1) is 9.07. The molecule has 102 valence electrons. The molecule has 3 heteroatoms. The van der Waals surface area contributed by atoms with Crippen LogP contribution in [0.4, 0.5) is 0 Å². The molecule has 1 aromatic carbocycles. The van der Waals surface area contributed by atoms with Crippen LogP contribution in [0.2, 0.25) is 0 Å². The van der Waals surface area contributed by atoms with E-state index in [1.165, 1.54) is 24.2 Å². The van der Waals surface area contributed by atoms with Crippen molar-refractivity contribution in [2.45, 2.75) is 45.1 Å². The lowest BCUT2D eigenvalue weighted by Gasteiger charge is -2.29. The van der Waals surface area contributed by atoms with Crippen molar-refractivity contribution >= 4 is 11.0 Å². The number of nitrogens with zero attached hydrogens (tertiary/aromatic N) is 2. The van der Waals surface area contributed by atoms with Gasteiger partial charge < -0.3 is 9.88 Å². The van der Waals surface area contributed by atoms with Crippen LogP contribution in [-0.4, -0.2) is 22.6 Å². The molecule has 1 aliphatic rings. The summed E-state index contributed by atoms with van der Waals surface area (Å²) in [4.78, 5) is 4.90. The molecule has 2 aromatic rings. The molecule has 1 N–H and O–H groups in total. The Morgan fingerprint density at radius 1 is 1.16 bits per heavy atom. The number of imidazole rings is 1. The maximum absolute atomic E-state index is 4.90. The molecule has 0 aliphatic carbocycles. The van der Waals surface area contributed by atoms with Gasteiger partial charge >= 0.3 is 0 Å². The number of piperidine rings is 1. The molecule has 1 fully saturated rings. The predicted octanol–water partition coefficient (Wildman–Crippen LogP) is 3.26. The lowest BCUT2D eigenvalue weighted by atomic mass is 9.94. The zero-order chi connectivity index (χ0) is 13.5. The molecule has 0 saturated carbocycles. The fraction of sp³-hybridized carbons (Fsp3) is 0.562. The van der Waals surface area contributed by atoms with Crippen LogP contribution in [-0.2, 0) is 5.41 Å². The van der Waals surface area contributed by atoms with E-state index in [2.05, 4.69) is 54.9 Å². The van der Waals surface area contributed by atoms with E-state index in [9.17, 15) is 0 Å². The lowest BCUT2D eigenvalue weighted by molar-refractivity contribution is 0.350. The molecule has 0 radical (unpaired) electrons. The molecule has 3 rings (SSSR count). The normalized spacial score (nSPS) is 18.1. The van der Waals surface area contributed by atoms with Crippen LogP contribution in [0.15, 0.2) is 24.3 Å². The Labute approximate surface area is 115 Å². The topological polar surface area (TPSA) is 29.9 Å². The second kappa shape index (κ2) is 4.64. The zero-order valence-electron chi connectivity index (χ0n) is 12.1. The van der Waals surface area contributed by atoms with Gasteiger partial charge in [-0.15, -0.1) is 0 Å². The van der Waals surface area contributed by atoms with Crippen molar-refractivity contribution in [2.24, 2.45) is 0 Å². The number of fused-ring (bicyclic) bond motifs is 1. The highest BCUT2D eigenvalue weighted by atomic mass is 15.1. The van der Waals surface area contributed by atoms with E-state index in [0.717, 1.165) is 18.6 Å². The molecule has 19 heavy (non-hydrogen) atoms. The first-order valence-electron chi connectivity index (χ1n) is 7.25. The summed E-state index contributed by atoms with van der Waals surface area (Å²) in [5.74, 6) is 1.22. The van der Waals surface area contributed by atoms with Gasteiger partial charge in [-0.25, -0.2) is 4.98 Å². The monoisotopic (exact) mass is 257 g/mol. The van der Waals surface area contributed by atoms with Crippen LogP contribution in [0.1, 0.15) is 45.5 Å². The molecule has 1 aromatic heterocycles. The summed E-state index contributed by atoms with van der Waals surface area (Å²) in [7, 11) is 0. The van der Waals surface area contributed by atoms with Crippen molar-refractivity contribution in [3.63, 3.8) is 0 Å². The molecule has 0 spiro atoms. The Kier molecular flexibility index (Phi) is 3.09. The Balaban J connectivity index is 2.18. The van der Waals surface area contributed by atoms with E-state index in [4.69, 9.17) is 4.98 Å². The second-order valence-corrected chi connectivity index (χ2v) is 6.53. The van der Waals surface area contributed by atoms with Gasteiger partial charge in [0, 0.05) is 11.5 Å². The molecule has 3 nitrogen and oxygen atoms in total. The third kappa shape index (κ3) is 2.27. The summed E-state index contributed by atoms with van der Waals surface area (Å²) in [5, 5.41) is 3.45. The van der Waals surface area contributed by atoms with Gasteiger partial charge in [0.05, 0.1) is 11.0 Å². The van der Waals surface area contributed by atoms with Gasteiger partial charge in [-0.1, -0.05) is 32.9 Å². The van der Waals surface area contributed by atoms with Gasteiger partial charge in [0.1, 0.15) is 5.82 Å². The number of para-hydroxylation sites is 2. The Morgan fingerprint density at radius 2 is 1.84 bits per heavy atom. The highest BCUT2D eigenvalue weighted by Crippen LogP contribution is 2.32. The van der Waals surface area contributed by atoms with Crippen molar-refractivity contribution in [1.82, 2.24) is 14.9 Å². The first-order valence-corrected chi connectivity index (χ1v) is 7.25. The number of aromatic nitrogens is 2. The summed E-state index contributed by atoms with van der Waals surface area (Å²) in [6, 6.07) is 9.12. The average molecular weight is 257 g/mol. The summed E-state index contributed by atoms with van der Waals surface area (Å²) in [5.41, 5.74) is 2.51. The maximum atomic E-state index is 4.90. The summed E-state index contributed by atoms with van der Waals surface area (Å²) >= 11 is 0. The molecular weight excluding hydrogens is 234 g/mol. The molecule has 1 saturated heterocycles. The number of benzene rings is 1. The minimum absolute atomic E-state index is 0.0872. The second-order valence-electron chi connectivity index (χ2n) is 6.53. The highest BCUT2D eigenvalue weighted by Gasteiger charge is 2.27. The summed E-state index contributed by atoms with van der Waals surface area (Å²) < 4.78 is 2.50. The van der Waals surface area contributed by atoms with E-state index in [0.29, 0.717) is 6.04 Å². The van der Waals surface area contributed by atoms with Crippen LogP contribution < -0.4 is 5.32 Å². The number of hydrogen-bond acceptors (Lipinski definition) is 2. The molecule has 0 bridgehead atoms. The predicted molar refractivity (Wildman–Crippen MR) is 79.6 cm³/mol. The average Bonchev–Trinajstić information content (AvgIpc) is 2.79. The van der Waals surface area contributed by atoms with E-state index >= 15 is 0 Å². The van der Waals surface area contributed by atoms with E-state index in [-0.39, 0.29) is 5.41 Å². The quantitative estimate of drug-likeness (QED) is 0.850. The Hall–Kier alpha value is -1.35. The maximum Gasteiger partial charge on any atom is 0.115 e. The largest absolute Gasteiger partial charge is 0.324 e.